The molecule has 0 amide bonds. The predicted molar refractivity (Wildman–Crippen MR) is 46.1 cm³/mol. The molecule has 1 heterocycles. The molecule has 8 heteroatoms. The second-order valence-electron chi connectivity index (χ2n) is 2.69. The summed E-state index contributed by atoms with van der Waals surface area (Å²) in [5.74, 6) is 0. The Morgan fingerprint density at radius 2 is 1.73 bits per heavy atom. The van der Waals surface area contributed by atoms with Crippen molar-refractivity contribution in [3.63, 3.8) is 0 Å². The molecule has 1 aromatic rings. The minimum atomic E-state index is -5.38. The molecule has 0 saturated heterocycles. The molecule has 1 rings (SSSR count). The van der Waals surface area contributed by atoms with Crippen molar-refractivity contribution in [3.8, 4) is 0 Å². The Labute approximate surface area is 83.8 Å². The molecule has 0 aliphatic heterocycles. The van der Waals surface area contributed by atoms with E-state index in [2.05, 4.69) is 4.98 Å². The minimum Gasteiger partial charge on any atom is -0.311 e. The summed E-state index contributed by atoms with van der Waals surface area (Å²) in [6.45, 7) is 0. The van der Waals surface area contributed by atoms with Crippen LogP contribution in [-0.2, 0) is 9.84 Å². The van der Waals surface area contributed by atoms with Crippen molar-refractivity contribution in [2.75, 3.05) is 0 Å². The lowest BCUT2D eigenvalue weighted by Crippen LogP contribution is -2.33. The van der Waals surface area contributed by atoms with Crippen molar-refractivity contribution in [3.05, 3.63) is 30.1 Å². The van der Waals surface area contributed by atoms with E-state index in [1.807, 2.05) is 0 Å². The van der Waals surface area contributed by atoms with E-state index in [-0.39, 0.29) is 5.56 Å². The van der Waals surface area contributed by atoms with Crippen LogP contribution in [0.15, 0.2) is 24.5 Å². The van der Waals surface area contributed by atoms with Gasteiger partial charge in [-0.05, 0) is 17.7 Å². The molecule has 1 aromatic heterocycles. The van der Waals surface area contributed by atoms with E-state index < -0.39 is 20.7 Å². The number of aromatic nitrogens is 1. The number of alkyl halides is 3. The summed E-state index contributed by atoms with van der Waals surface area (Å²) in [5.41, 5.74) is -0.479. The van der Waals surface area contributed by atoms with Gasteiger partial charge in [-0.3, -0.25) is 4.98 Å². The summed E-state index contributed by atoms with van der Waals surface area (Å²) < 4.78 is 58.0. The van der Waals surface area contributed by atoms with E-state index in [1.54, 1.807) is 0 Å². The smallest absolute Gasteiger partial charge is 0.311 e. The van der Waals surface area contributed by atoms with E-state index in [0.717, 1.165) is 12.1 Å². The van der Waals surface area contributed by atoms with Crippen LogP contribution in [-0.4, -0.2) is 18.9 Å². The van der Waals surface area contributed by atoms with Crippen LogP contribution in [0, 0.1) is 0 Å². The van der Waals surface area contributed by atoms with Crippen LogP contribution in [0.1, 0.15) is 10.9 Å². The fraction of sp³-hybridized carbons (Fsp3) is 0.286. The molecule has 0 spiro atoms. The Morgan fingerprint density at radius 1 is 1.27 bits per heavy atom. The van der Waals surface area contributed by atoms with E-state index in [0.29, 0.717) is 0 Å². The maximum atomic E-state index is 12.1. The highest BCUT2D eigenvalue weighted by molar-refractivity contribution is 7.92. The number of hydrogen-bond donors (Lipinski definition) is 1. The average Bonchev–Trinajstić information content (AvgIpc) is 2.16. The Hall–Kier alpha value is -1.15. The molecule has 4 nitrogen and oxygen atoms in total. The summed E-state index contributed by atoms with van der Waals surface area (Å²) in [6, 6.07) is 2.24. The molecule has 0 aliphatic carbocycles. The molecule has 2 N–H and O–H groups in total. The van der Waals surface area contributed by atoms with Crippen molar-refractivity contribution in [1.82, 2.24) is 4.98 Å². The molecule has 0 fully saturated rings. The van der Waals surface area contributed by atoms with Crippen molar-refractivity contribution < 1.29 is 21.6 Å². The standard InChI is InChI=1S/C7H7F3N2O2S/c8-7(9,10)15(13,14)6(11)5-1-3-12-4-2-5/h1-4,6H,11H2. The second-order valence-corrected chi connectivity index (χ2v) is 4.75. The van der Waals surface area contributed by atoms with Crippen molar-refractivity contribution >= 4 is 9.84 Å². The monoisotopic (exact) mass is 240 g/mol. The number of nitrogens with two attached hydrogens (primary N) is 1. The quantitative estimate of drug-likeness (QED) is 0.836. The van der Waals surface area contributed by atoms with Gasteiger partial charge in [-0.1, -0.05) is 0 Å². The number of sulfone groups is 1. The van der Waals surface area contributed by atoms with Crippen LogP contribution in [0.3, 0.4) is 0 Å². The average molecular weight is 240 g/mol. The zero-order chi connectivity index (χ0) is 11.7. The van der Waals surface area contributed by atoms with Gasteiger partial charge in [0.25, 0.3) is 9.84 Å². The van der Waals surface area contributed by atoms with Gasteiger partial charge in [-0.15, -0.1) is 0 Å². The first-order valence-electron chi connectivity index (χ1n) is 3.72. The Kier molecular flexibility index (Phi) is 3.00. The molecule has 1 unspecified atom stereocenters. The molecule has 1 atom stereocenters. The third kappa shape index (κ3) is 2.26. The minimum absolute atomic E-state index is 0.151. The predicted octanol–water partition coefficient (Wildman–Crippen LogP) is 0.974. The Balaban J connectivity index is 3.12. The molecule has 0 aliphatic rings. The summed E-state index contributed by atoms with van der Waals surface area (Å²) >= 11 is 0. The maximum absolute atomic E-state index is 12.1. The number of pyridine rings is 1. The SMILES string of the molecule is NC(c1ccncc1)S(=O)(=O)C(F)(F)F. The van der Waals surface area contributed by atoms with Gasteiger partial charge < -0.3 is 5.73 Å². The molecular weight excluding hydrogens is 233 g/mol. The highest BCUT2D eigenvalue weighted by atomic mass is 32.2. The number of rotatable bonds is 2. The molecule has 0 aromatic carbocycles. The van der Waals surface area contributed by atoms with Crippen molar-refractivity contribution in [1.29, 1.82) is 0 Å². The van der Waals surface area contributed by atoms with Crippen LogP contribution in [0.2, 0.25) is 0 Å². The van der Waals surface area contributed by atoms with Crippen LogP contribution in [0.5, 0.6) is 0 Å². The summed E-state index contributed by atoms with van der Waals surface area (Å²) in [6.07, 6.45) is 2.34. The summed E-state index contributed by atoms with van der Waals surface area (Å²) in [5, 5.41) is -2.11. The maximum Gasteiger partial charge on any atom is 0.499 e. The van der Waals surface area contributed by atoms with Crippen molar-refractivity contribution in [2.24, 2.45) is 5.73 Å². The van der Waals surface area contributed by atoms with Gasteiger partial charge in [0.2, 0.25) is 0 Å². The molecule has 15 heavy (non-hydrogen) atoms. The normalized spacial score (nSPS) is 14.9. The van der Waals surface area contributed by atoms with E-state index in [1.165, 1.54) is 12.4 Å². The Morgan fingerprint density at radius 3 is 2.13 bits per heavy atom. The van der Waals surface area contributed by atoms with Gasteiger partial charge in [0, 0.05) is 12.4 Å². The van der Waals surface area contributed by atoms with Gasteiger partial charge in [0.1, 0.15) is 5.37 Å². The van der Waals surface area contributed by atoms with Crippen LogP contribution >= 0.6 is 0 Å². The molecular formula is C7H7F3N2O2S. The first-order chi connectivity index (χ1) is 6.77. The Bertz CT molecular complexity index is 429. The number of hydrogen-bond acceptors (Lipinski definition) is 4. The van der Waals surface area contributed by atoms with Gasteiger partial charge in [0.15, 0.2) is 0 Å². The third-order valence-corrected chi connectivity index (χ3v) is 3.28. The topological polar surface area (TPSA) is 73.0 Å². The molecule has 0 saturated carbocycles. The van der Waals surface area contributed by atoms with E-state index >= 15 is 0 Å². The molecule has 84 valence electrons. The fourth-order valence-electron chi connectivity index (χ4n) is 0.876. The van der Waals surface area contributed by atoms with Crippen LogP contribution in [0.4, 0.5) is 13.2 Å². The highest BCUT2D eigenvalue weighted by Crippen LogP contribution is 2.32. The zero-order valence-corrected chi connectivity index (χ0v) is 8.09. The molecule has 0 bridgehead atoms. The zero-order valence-electron chi connectivity index (χ0n) is 7.27. The van der Waals surface area contributed by atoms with Crippen LogP contribution in [0.25, 0.3) is 0 Å². The number of nitrogens with zero attached hydrogens (tertiary/aromatic N) is 1. The second kappa shape index (κ2) is 3.78. The third-order valence-electron chi connectivity index (χ3n) is 1.69. The first-order valence-corrected chi connectivity index (χ1v) is 5.27. The van der Waals surface area contributed by atoms with Crippen molar-refractivity contribution in [2.45, 2.75) is 10.9 Å². The lowest BCUT2D eigenvalue weighted by Gasteiger charge is -2.14. The van der Waals surface area contributed by atoms with Gasteiger partial charge >= 0.3 is 5.51 Å². The summed E-state index contributed by atoms with van der Waals surface area (Å²) in [4.78, 5) is 3.54. The van der Waals surface area contributed by atoms with E-state index in [9.17, 15) is 21.6 Å². The van der Waals surface area contributed by atoms with Crippen LogP contribution < -0.4 is 5.73 Å². The lowest BCUT2D eigenvalue weighted by atomic mass is 10.3. The van der Waals surface area contributed by atoms with E-state index in [4.69, 9.17) is 5.73 Å². The lowest BCUT2D eigenvalue weighted by molar-refractivity contribution is -0.0444. The van der Waals surface area contributed by atoms with Gasteiger partial charge in [-0.2, -0.15) is 13.2 Å². The first kappa shape index (κ1) is 11.9. The van der Waals surface area contributed by atoms with Gasteiger partial charge in [-0.25, -0.2) is 8.42 Å². The highest BCUT2D eigenvalue weighted by Gasteiger charge is 2.49. The molecule has 0 radical (unpaired) electrons. The van der Waals surface area contributed by atoms with Gasteiger partial charge in [0.05, 0.1) is 0 Å². The largest absolute Gasteiger partial charge is 0.499 e. The fourth-order valence-corrected chi connectivity index (χ4v) is 1.68. The summed E-state index contributed by atoms with van der Waals surface area (Å²) in [7, 11) is -5.38. The number of halogens is 3.